The van der Waals surface area contributed by atoms with Crippen molar-refractivity contribution in [3.63, 3.8) is 0 Å². The highest BCUT2D eigenvalue weighted by Crippen LogP contribution is 2.29. The molecule has 1 aromatic rings. The summed E-state index contributed by atoms with van der Waals surface area (Å²) in [7, 11) is 0. The average molecular weight is 259 g/mol. The lowest BCUT2D eigenvalue weighted by atomic mass is 10.1. The zero-order valence-corrected chi connectivity index (χ0v) is 10.2. The van der Waals surface area contributed by atoms with Gasteiger partial charge in [-0.2, -0.15) is 13.2 Å². The minimum Gasteiger partial charge on any atom is -0.351 e. The van der Waals surface area contributed by atoms with Crippen LogP contribution in [0, 0.1) is 0 Å². The summed E-state index contributed by atoms with van der Waals surface area (Å²) in [6, 6.07) is 4.27. The number of pyridine rings is 1. The number of hydrogen-bond donors (Lipinski definition) is 1. The maximum Gasteiger partial charge on any atom is 0.433 e. The van der Waals surface area contributed by atoms with Crippen LogP contribution in [0.15, 0.2) is 18.2 Å². The first-order chi connectivity index (χ1) is 8.52. The Balaban J connectivity index is 2.27. The van der Waals surface area contributed by atoms with Gasteiger partial charge in [-0.05, 0) is 18.6 Å². The number of alkyl halides is 3. The van der Waals surface area contributed by atoms with Crippen molar-refractivity contribution in [3.05, 3.63) is 23.9 Å². The van der Waals surface area contributed by atoms with E-state index in [2.05, 4.69) is 10.3 Å². The molecule has 1 aliphatic rings. The van der Waals surface area contributed by atoms with Gasteiger partial charge < -0.3 is 10.2 Å². The van der Waals surface area contributed by atoms with Gasteiger partial charge in [-0.1, -0.05) is 13.0 Å². The molecule has 0 saturated carbocycles. The molecule has 1 saturated heterocycles. The van der Waals surface area contributed by atoms with Crippen LogP contribution in [0.3, 0.4) is 0 Å². The molecule has 1 N–H and O–H groups in total. The molecule has 2 rings (SSSR count). The molecule has 6 heteroatoms. The Morgan fingerprint density at radius 3 is 2.89 bits per heavy atom. The molecule has 0 spiro atoms. The van der Waals surface area contributed by atoms with Gasteiger partial charge in [0.2, 0.25) is 0 Å². The number of rotatable bonds is 2. The van der Waals surface area contributed by atoms with E-state index in [1.807, 2.05) is 11.8 Å². The van der Waals surface area contributed by atoms with Gasteiger partial charge in [0, 0.05) is 25.7 Å². The highest BCUT2D eigenvalue weighted by atomic mass is 19.4. The van der Waals surface area contributed by atoms with Gasteiger partial charge in [0.25, 0.3) is 0 Å². The van der Waals surface area contributed by atoms with Crippen LogP contribution in [0.4, 0.5) is 19.0 Å². The fraction of sp³-hybridized carbons (Fsp3) is 0.583. The van der Waals surface area contributed by atoms with Gasteiger partial charge in [-0.25, -0.2) is 4.98 Å². The number of nitrogens with zero attached hydrogens (tertiary/aromatic N) is 2. The number of nitrogens with one attached hydrogen (secondary N) is 1. The fourth-order valence-electron chi connectivity index (χ4n) is 2.17. The Labute approximate surface area is 104 Å². The van der Waals surface area contributed by atoms with E-state index < -0.39 is 11.9 Å². The van der Waals surface area contributed by atoms with Crippen molar-refractivity contribution >= 4 is 5.82 Å². The van der Waals surface area contributed by atoms with Gasteiger partial charge in [-0.15, -0.1) is 0 Å². The Hall–Kier alpha value is -1.30. The standard InChI is InChI=1S/C12H16F3N3/c1-2-9-8-16-6-7-18(9)11-5-3-4-10(17-11)12(13,14)15/h3-5,9,16H,2,6-8H2,1H3. The molecule has 0 aromatic carbocycles. The molecular formula is C12H16F3N3. The van der Waals surface area contributed by atoms with Crippen LogP contribution in [-0.2, 0) is 6.18 Å². The lowest BCUT2D eigenvalue weighted by molar-refractivity contribution is -0.141. The largest absolute Gasteiger partial charge is 0.433 e. The maximum absolute atomic E-state index is 12.6. The van der Waals surface area contributed by atoms with E-state index in [0.717, 1.165) is 25.6 Å². The van der Waals surface area contributed by atoms with Crippen LogP contribution in [0.2, 0.25) is 0 Å². The van der Waals surface area contributed by atoms with E-state index in [0.29, 0.717) is 12.4 Å². The molecule has 1 fully saturated rings. The Kier molecular flexibility index (Phi) is 3.75. The second-order valence-corrected chi connectivity index (χ2v) is 4.34. The van der Waals surface area contributed by atoms with Gasteiger partial charge in [-0.3, -0.25) is 0 Å². The first-order valence-corrected chi connectivity index (χ1v) is 6.04. The molecule has 3 nitrogen and oxygen atoms in total. The van der Waals surface area contributed by atoms with E-state index in [4.69, 9.17) is 0 Å². The second-order valence-electron chi connectivity index (χ2n) is 4.34. The van der Waals surface area contributed by atoms with Crippen LogP contribution in [0.5, 0.6) is 0 Å². The third kappa shape index (κ3) is 2.75. The van der Waals surface area contributed by atoms with Gasteiger partial charge in [0.15, 0.2) is 0 Å². The van der Waals surface area contributed by atoms with Crippen molar-refractivity contribution in [3.8, 4) is 0 Å². The SMILES string of the molecule is CCC1CNCCN1c1cccc(C(F)(F)F)n1. The first-order valence-electron chi connectivity index (χ1n) is 6.04. The molecule has 1 aromatic heterocycles. The zero-order valence-electron chi connectivity index (χ0n) is 10.2. The molecule has 0 bridgehead atoms. The van der Waals surface area contributed by atoms with Crippen LogP contribution < -0.4 is 10.2 Å². The Bertz CT molecular complexity index is 406. The van der Waals surface area contributed by atoms with Gasteiger partial charge in [0.05, 0.1) is 0 Å². The summed E-state index contributed by atoms with van der Waals surface area (Å²) in [5, 5.41) is 3.24. The Morgan fingerprint density at radius 2 is 2.22 bits per heavy atom. The van der Waals surface area contributed by atoms with Gasteiger partial charge >= 0.3 is 6.18 Å². The minimum atomic E-state index is -4.38. The number of piperazine rings is 1. The van der Waals surface area contributed by atoms with E-state index in [1.165, 1.54) is 6.07 Å². The maximum atomic E-state index is 12.6. The third-order valence-electron chi connectivity index (χ3n) is 3.14. The Morgan fingerprint density at radius 1 is 1.44 bits per heavy atom. The van der Waals surface area contributed by atoms with E-state index in [1.54, 1.807) is 6.07 Å². The summed E-state index contributed by atoms with van der Waals surface area (Å²) in [5.74, 6) is 0.415. The lowest BCUT2D eigenvalue weighted by Crippen LogP contribution is -2.51. The molecule has 0 amide bonds. The highest BCUT2D eigenvalue weighted by molar-refractivity contribution is 5.41. The lowest BCUT2D eigenvalue weighted by Gasteiger charge is -2.36. The normalized spacial score (nSPS) is 21.1. The summed E-state index contributed by atoms with van der Waals surface area (Å²) in [6.45, 7) is 4.27. The zero-order chi connectivity index (χ0) is 13.2. The van der Waals surface area contributed by atoms with Crippen molar-refractivity contribution in [2.45, 2.75) is 25.6 Å². The molecule has 0 aliphatic carbocycles. The van der Waals surface area contributed by atoms with Crippen LogP contribution in [0.25, 0.3) is 0 Å². The van der Waals surface area contributed by atoms with Crippen molar-refractivity contribution < 1.29 is 13.2 Å². The predicted octanol–water partition coefficient (Wildman–Crippen LogP) is 2.29. The van der Waals surface area contributed by atoms with Crippen molar-refractivity contribution in [1.29, 1.82) is 0 Å². The molecule has 1 unspecified atom stereocenters. The predicted molar refractivity (Wildman–Crippen MR) is 63.5 cm³/mol. The minimum absolute atomic E-state index is 0.203. The van der Waals surface area contributed by atoms with Crippen molar-refractivity contribution in [2.24, 2.45) is 0 Å². The number of hydrogen-bond acceptors (Lipinski definition) is 3. The molecule has 18 heavy (non-hydrogen) atoms. The first kappa shape index (κ1) is 13.1. The van der Waals surface area contributed by atoms with Crippen LogP contribution in [-0.4, -0.2) is 30.7 Å². The smallest absolute Gasteiger partial charge is 0.351 e. The monoisotopic (exact) mass is 259 g/mol. The van der Waals surface area contributed by atoms with Crippen molar-refractivity contribution in [2.75, 3.05) is 24.5 Å². The van der Waals surface area contributed by atoms with E-state index in [-0.39, 0.29) is 6.04 Å². The second kappa shape index (κ2) is 5.14. The number of anilines is 1. The summed E-state index contributed by atoms with van der Waals surface area (Å²) >= 11 is 0. The fourth-order valence-corrected chi connectivity index (χ4v) is 2.17. The summed E-state index contributed by atoms with van der Waals surface area (Å²) in [4.78, 5) is 5.69. The molecule has 100 valence electrons. The molecule has 1 aliphatic heterocycles. The topological polar surface area (TPSA) is 28.2 Å². The molecule has 1 atom stereocenters. The van der Waals surface area contributed by atoms with E-state index in [9.17, 15) is 13.2 Å². The summed E-state index contributed by atoms with van der Waals surface area (Å²) < 4.78 is 37.9. The van der Waals surface area contributed by atoms with Crippen LogP contribution in [0.1, 0.15) is 19.0 Å². The third-order valence-corrected chi connectivity index (χ3v) is 3.14. The van der Waals surface area contributed by atoms with E-state index >= 15 is 0 Å². The summed E-state index contributed by atoms with van der Waals surface area (Å²) in [6.07, 6.45) is -3.50. The quantitative estimate of drug-likeness (QED) is 0.883. The molecule has 0 radical (unpaired) electrons. The van der Waals surface area contributed by atoms with Crippen LogP contribution >= 0.6 is 0 Å². The number of halogens is 3. The highest BCUT2D eigenvalue weighted by Gasteiger charge is 2.33. The molecular weight excluding hydrogens is 243 g/mol. The van der Waals surface area contributed by atoms with Gasteiger partial charge in [0.1, 0.15) is 11.5 Å². The average Bonchev–Trinajstić information content (AvgIpc) is 2.38. The molecule has 2 heterocycles. The number of aromatic nitrogens is 1. The van der Waals surface area contributed by atoms with Crippen molar-refractivity contribution in [1.82, 2.24) is 10.3 Å². The summed E-state index contributed by atoms with van der Waals surface area (Å²) in [5.41, 5.74) is -0.826.